The van der Waals surface area contributed by atoms with Crippen LogP contribution in [0.1, 0.15) is 211 Å². The molecule has 0 aliphatic rings. The third kappa shape index (κ3) is 22.3. The molecule has 0 saturated carbocycles. The van der Waals surface area contributed by atoms with Crippen molar-refractivity contribution in [1.29, 1.82) is 0 Å². The molecule has 0 saturated heterocycles. The summed E-state index contributed by atoms with van der Waals surface area (Å²) in [6.07, 6.45) is 26.3. The van der Waals surface area contributed by atoms with Gasteiger partial charge in [0, 0.05) is 59.9 Å². The molecule has 6 aromatic rings. The van der Waals surface area contributed by atoms with E-state index in [1.807, 2.05) is 54.6 Å². The van der Waals surface area contributed by atoms with Gasteiger partial charge in [0.05, 0.1) is 13.1 Å². The van der Waals surface area contributed by atoms with Gasteiger partial charge in [-0.05, 0) is 78.4 Å². The number of aryl methyl sites for hydroxylation is 1. The zero-order valence-electron chi connectivity index (χ0n) is 49.7. The molecule has 0 bridgehead atoms. The van der Waals surface area contributed by atoms with Crippen molar-refractivity contribution in [2.24, 2.45) is 0 Å². The molecule has 0 aliphatic carbocycles. The molecule has 13 heteroatoms. The first kappa shape index (κ1) is 64.6. The molecule has 0 fully saturated rings. The Labute approximate surface area is 493 Å². The highest BCUT2D eigenvalue weighted by Gasteiger charge is 2.33. The topological polar surface area (TPSA) is 165 Å². The number of ether oxygens (including phenoxy) is 2. The van der Waals surface area contributed by atoms with Gasteiger partial charge < -0.3 is 29.4 Å². The van der Waals surface area contributed by atoms with Gasteiger partial charge in [-0.3, -0.25) is 24.1 Å². The van der Waals surface area contributed by atoms with E-state index in [-0.39, 0.29) is 43.7 Å². The van der Waals surface area contributed by atoms with Crippen molar-refractivity contribution < 1.29 is 42.7 Å². The lowest BCUT2D eigenvalue weighted by Gasteiger charge is -2.24. The molecule has 6 rings (SSSR count). The lowest BCUT2D eigenvalue weighted by atomic mass is 10.1. The van der Waals surface area contributed by atoms with Crippen molar-refractivity contribution in [2.45, 2.75) is 195 Å². The van der Waals surface area contributed by atoms with Crippen molar-refractivity contribution in [2.75, 3.05) is 18.0 Å². The summed E-state index contributed by atoms with van der Waals surface area (Å²) in [6, 6.07) is 37.3. The Morgan fingerprint density at radius 1 is 0.458 bits per heavy atom. The van der Waals surface area contributed by atoms with Gasteiger partial charge in [0.15, 0.2) is 0 Å². The van der Waals surface area contributed by atoms with E-state index in [4.69, 9.17) is 13.9 Å². The van der Waals surface area contributed by atoms with Crippen LogP contribution in [0.3, 0.4) is 0 Å². The van der Waals surface area contributed by atoms with Crippen molar-refractivity contribution in [3.8, 4) is 5.75 Å². The second-order valence-corrected chi connectivity index (χ2v) is 21.9. The maximum absolute atomic E-state index is 14.5. The number of esters is 2. The zero-order chi connectivity index (χ0) is 58.9. The van der Waals surface area contributed by atoms with Crippen LogP contribution in [0.2, 0.25) is 0 Å². The summed E-state index contributed by atoms with van der Waals surface area (Å²) < 4.78 is 17.6. The van der Waals surface area contributed by atoms with Crippen molar-refractivity contribution in [3.63, 3.8) is 0 Å². The van der Waals surface area contributed by atoms with Gasteiger partial charge in [0.1, 0.15) is 23.7 Å². The van der Waals surface area contributed by atoms with E-state index in [2.05, 4.69) is 31.4 Å². The quantitative estimate of drug-likeness (QED) is 0.0167. The van der Waals surface area contributed by atoms with Crippen LogP contribution in [0.25, 0.3) is 11.0 Å². The number of rotatable bonds is 37. The lowest BCUT2D eigenvalue weighted by Crippen LogP contribution is -2.42. The monoisotopic (exact) mass is 1130 g/mol. The predicted octanol–water partition coefficient (Wildman–Crippen LogP) is 15.5. The number of fused-ring (bicyclic) bond motifs is 1. The number of carbonyl (C=O) groups is 6. The number of carbonyl (C=O) groups excluding carboxylic acids is 6. The molecule has 5 aromatic carbocycles. The van der Waals surface area contributed by atoms with E-state index in [0.29, 0.717) is 64.4 Å². The Bertz CT molecular complexity index is 2920. The predicted molar refractivity (Wildman–Crippen MR) is 330 cm³/mol. The van der Waals surface area contributed by atoms with Gasteiger partial charge in [-0.1, -0.05) is 222 Å². The molecule has 0 unspecified atom stereocenters. The van der Waals surface area contributed by atoms with Gasteiger partial charge >= 0.3 is 23.8 Å². The summed E-state index contributed by atoms with van der Waals surface area (Å²) in [5.74, 6) is -4.79. The Morgan fingerprint density at radius 2 is 0.952 bits per heavy atom. The Morgan fingerprint density at radius 3 is 1.51 bits per heavy atom. The molecular formula is C70H90N4O9. The van der Waals surface area contributed by atoms with Crippen molar-refractivity contribution in [3.05, 3.63) is 167 Å². The van der Waals surface area contributed by atoms with Crippen LogP contribution in [0.4, 0.5) is 5.69 Å². The molecular weight excluding hydrogens is 1040 g/mol. The highest BCUT2D eigenvalue weighted by Crippen LogP contribution is 2.30. The first-order valence-electron chi connectivity index (χ1n) is 31.0. The molecule has 0 aliphatic heterocycles. The van der Waals surface area contributed by atoms with Gasteiger partial charge in [-0.15, -0.1) is 0 Å². The number of nitrogens with zero attached hydrogens (tertiary/aromatic N) is 2. The van der Waals surface area contributed by atoms with E-state index < -0.39 is 23.8 Å². The van der Waals surface area contributed by atoms with Crippen LogP contribution < -0.4 is 20.3 Å². The number of anilines is 1. The number of unbranched alkanes of at least 4 members (excludes halogenated alkanes) is 19. The smallest absolute Gasteiger partial charge is 0.405 e. The molecule has 444 valence electrons. The standard InChI is InChI=1S/C70H90N4O9/c1-4-7-10-12-14-16-18-20-22-29-47-71-65(75)57-43-39-54(40-44-57)50-73(52-62-61-36-27-28-38-63(61)82-64(62)37-9-6-3)67(77)69(79)83-70(80)68(78)74(59-34-31-35-60(49-59)81-53-56-32-25-24-26-33-56)51-55-41-45-58(46-42-55)66(76)72-48-30-23-21-19-17-15-13-11-8-5-2/h24-28,31-36,38-46,49H,4-23,29-30,37,47-48,50-53H2,1-3H3,(H,71,75)(H,72,76). The first-order valence-corrected chi connectivity index (χ1v) is 31.0. The summed E-state index contributed by atoms with van der Waals surface area (Å²) in [5.41, 5.74) is 4.61. The van der Waals surface area contributed by atoms with Crippen molar-refractivity contribution >= 4 is 52.2 Å². The first-order chi connectivity index (χ1) is 40.6. The molecule has 83 heavy (non-hydrogen) atoms. The summed E-state index contributed by atoms with van der Waals surface area (Å²) in [5, 5.41) is 6.81. The summed E-state index contributed by atoms with van der Waals surface area (Å²) >= 11 is 0. The van der Waals surface area contributed by atoms with Crippen LogP contribution in [0.15, 0.2) is 132 Å². The van der Waals surface area contributed by atoms with Gasteiger partial charge in [0.25, 0.3) is 11.8 Å². The largest absolute Gasteiger partial charge is 0.489 e. The normalized spacial score (nSPS) is 11.1. The second kappa shape index (κ2) is 36.8. The number of amides is 4. The van der Waals surface area contributed by atoms with Crippen LogP contribution in [0.5, 0.6) is 5.75 Å². The third-order valence-electron chi connectivity index (χ3n) is 15.1. The Balaban J connectivity index is 1.14. The number of nitrogens with one attached hydrogen (secondary N) is 2. The van der Waals surface area contributed by atoms with Gasteiger partial charge in [-0.2, -0.15) is 0 Å². The number of hydrogen-bond acceptors (Lipinski definition) is 9. The van der Waals surface area contributed by atoms with E-state index in [1.54, 1.807) is 72.8 Å². The number of hydrogen-bond donors (Lipinski definition) is 2. The summed E-state index contributed by atoms with van der Waals surface area (Å²) in [4.78, 5) is 85.9. The van der Waals surface area contributed by atoms with E-state index in [1.165, 1.54) is 94.8 Å². The fourth-order valence-corrected chi connectivity index (χ4v) is 10.2. The van der Waals surface area contributed by atoms with Gasteiger partial charge in [0.2, 0.25) is 0 Å². The van der Waals surface area contributed by atoms with E-state index in [9.17, 15) is 28.8 Å². The maximum atomic E-state index is 14.5. The molecule has 0 atom stereocenters. The number of furan rings is 1. The maximum Gasteiger partial charge on any atom is 0.405 e. The molecule has 0 radical (unpaired) electrons. The number of para-hydroxylation sites is 1. The van der Waals surface area contributed by atoms with Crippen LogP contribution in [-0.4, -0.2) is 53.6 Å². The molecule has 4 amide bonds. The van der Waals surface area contributed by atoms with Crippen LogP contribution in [-0.2, 0) is 56.6 Å². The minimum atomic E-state index is -1.56. The molecule has 1 heterocycles. The van der Waals surface area contributed by atoms with Crippen molar-refractivity contribution in [1.82, 2.24) is 15.5 Å². The fraction of sp³-hybridized carbons (Fsp3) is 0.457. The highest BCUT2D eigenvalue weighted by atomic mass is 16.6. The third-order valence-corrected chi connectivity index (χ3v) is 15.1. The highest BCUT2D eigenvalue weighted by molar-refractivity contribution is 6.44. The van der Waals surface area contributed by atoms with E-state index >= 15 is 0 Å². The second-order valence-electron chi connectivity index (χ2n) is 21.9. The Hall–Kier alpha value is -7.54. The van der Waals surface area contributed by atoms with E-state index in [0.717, 1.165) is 67.2 Å². The van der Waals surface area contributed by atoms with Gasteiger partial charge in [-0.25, -0.2) is 9.59 Å². The summed E-state index contributed by atoms with van der Waals surface area (Å²) in [7, 11) is 0. The SMILES string of the molecule is CCCCCCCCCCCCNC(=O)c1ccc(CN(Cc2c(CCCC)oc3ccccc23)C(=O)C(=O)OC(=O)C(=O)N(Cc2ccc(C(=O)NCCCCCCCCCCCC)cc2)c2cccc(OCc3ccccc3)c2)cc1. The summed E-state index contributed by atoms with van der Waals surface area (Å²) in [6.45, 7) is 7.57. The molecule has 13 nitrogen and oxygen atoms in total. The average Bonchev–Trinajstić information content (AvgIpc) is 4.16. The molecule has 0 spiro atoms. The minimum absolute atomic E-state index is 0.0809. The minimum Gasteiger partial charge on any atom is -0.489 e. The lowest BCUT2D eigenvalue weighted by molar-refractivity contribution is -0.170. The molecule has 1 aromatic heterocycles. The van der Waals surface area contributed by atoms with Crippen LogP contribution >= 0.6 is 0 Å². The Kier molecular flexibility index (Phi) is 28.7. The zero-order valence-corrected chi connectivity index (χ0v) is 49.7. The van der Waals surface area contributed by atoms with Crippen LogP contribution in [0, 0.1) is 0 Å². The average molecular weight is 1130 g/mol. The molecule has 2 N–H and O–H groups in total. The fourth-order valence-electron chi connectivity index (χ4n) is 10.2. The number of benzene rings is 5.